The van der Waals surface area contributed by atoms with Gasteiger partial charge in [-0.3, -0.25) is 0 Å². The third-order valence-electron chi connectivity index (χ3n) is 2.39. The van der Waals surface area contributed by atoms with Crippen molar-refractivity contribution in [1.29, 1.82) is 0 Å². The molecule has 0 saturated carbocycles. The number of aromatic nitrogens is 2. The van der Waals surface area contributed by atoms with Crippen molar-refractivity contribution >= 4 is 39.2 Å². The van der Waals surface area contributed by atoms with Crippen molar-refractivity contribution in [3.8, 4) is 0 Å². The van der Waals surface area contributed by atoms with Crippen LogP contribution in [-0.2, 0) is 6.42 Å². The van der Waals surface area contributed by atoms with E-state index in [-0.39, 0.29) is 0 Å². The summed E-state index contributed by atoms with van der Waals surface area (Å²) in [5.41, 5.74) is 0.894. The van der Waals surface area contributed by atoms with Gasteiger partial charge in [-0.2, -0.15) is 4.37 Å². The van der Waals surface area contributed by atoms with Crippen molar-refractivity contribution in [1.82, 2.24) is 9.36 Å². The molecule has 2 aromatic rings. The zero-order chi connectivity index (χ0) is 13.1. The van der Waals surface area contributed by atoms with Crippen LogP contribution in [0.3, 0.4) is 0 Å². The summed E-state index contributed by atoms with van der Waals surface area (Å²) < 4.78 is 6.12. The molecule has 96 valence electrons. The largest absolute Gasteiger partial charge is 0.389 e. The molecular formula is C12H13BrN2OS2. The minimum absolute atomic E-state index is 0.466. The lowest BCUT2D eigenvalue weighted by Gasteiger charge is -2.08. The number of aryl methyl sites for hydroxylation is 1. The Bertz CT molecular complexity index is 543. The highest BCUT2D eigenvalue weighted by Crippen LogP contribution is 2.33. The van der Waals surface area contributed by atoms with Crippen molar-refractivity contribution in [3.05, 3.63) is 34.1 Å². The lowest BCUT2D eigenvalue weighted by atomic mass is 10.1. The number of rotatable bonds is 4. The first-order valence-corrected chi connectivity index (χ1v) is 7.96. The summed E-state index contributed by atoms with van der Waals surface area (Å²) in [5.74, 6) is 0.891. The maximum absolute atomic E-state index is 9.56. The number of halogens is 1. The Hall–Kier alpha value is -0.430. The zero-order valence-electron chi connectivity index (χ0n) is 10.1. The van der Waals surface area contributed by atoms with Gasteiger partial charge in [0.2, 0.25) is 0 Å². The molecule has 0 bridgehead atoms. The molecule has 1 aromatic carbocycles. The molecule has 1 N–H and O–H groups in total. The van der Waals surface area contributed by atoms with Crippen LogP contribution in [-0.4, -0.2) is 14.5 Å². The summed E-state index contributed by atoms with van der Waals surface area (Å²) in [6.07, 6.45) is 0.397. The monoisotopic (exact) mass is 344 g/mol. The Kier molecular flexibility index (Phi) is 4.77. The minimum Gasteiger partial charge on any atom is -0.389 e. The number of nitrogens with zero attached hydrogens (tertiary/aromatic N) is 2. The van der Waals surface area contributed by atoms with E-state index >= 15 is 0 Å². The van der Waals surface area contributed by atoms with Crippen LogP contribution in [0.5, 0.6) is 0 Å². The second-order valence-electron chi connectivity index (χ2n) is 3.79. The van der Waals surface area contributed by atoms with Gasteiger partial charge in [-0.15, -0.1) is 0 Å². The van der Waals surface area contributed by atoms with Crippen LogP contribution < -0.4 is 0 Å². The quantitative estimate of drug-likeness (QED) is 0.907. The van der Waals surface area contributed by atoms with Gasteiger partial charge in [0.15, 0.2) is 4.34 Å². The van der Waals surface area contributed by atoms with Gasteiger partial charge in [0.05, 0.1) is 6.10 Å². The van der Waals surface area contributed by atoms with Crippen LogP contribution in [0.25, 0.3) is 0 Å². The van der Waals surface area contributed by atoms with E-state index in [0.29, 0.717) is 0 Å². The predicted molar refractivity (Wildman–Crippen MR) is 78.2 cm³/mol. The molecule has 1 atom stereocenters. The Balaban J connectivity index is 2.17. The van der Waals surface area contributed by atoms with Crippen LogP contribution in [0.1, 0.15) is 31.3 Å². The molecule has 0 radical (unpaired) electrons. The van der Waals surface area contributed by atoms with Crippen molar-refractivity contribution in [2.24, 2.45) is 0 Å². The summed E-state index contributed by atoms with van der Waals surface area (Å²) in [6, 6.07) is 5.92. The number of aliphatic hydroxyl groups excluding tert-OH is 1. The predicted octanol–water partition coefficient (Wildman–Crippen LogP) is 4.07. The van der Waals surface area contributed by atoms with Gasteiger partial charge >= 0.3 is 0 Å². The number of hydrogen-bond acceptors (Lipinski definition) is 5. The molecule has 0 aliphatic rings. The fraction of sp³-hybridized carbons (Fsp3) is 0.333. The third-order valence-corrected chi connectivity index (χ3v) is 4.86. The molecule has 0 spiro atoms. The summed E-state index contributed by atoms with van der Waals surface area (Å²) >= 11 is 6.49. The van der Waals surface area contributed by atoms with E-state index in [4.69, 9.17) is 0 Å². The highest BCUT2D eigenvalue weighted by molar-refractivity contribution is 9.10. The Morgan fingerprint density at radius 2 is 2.28 bits per heavy atom. The topological polar surface area (TPSA) is 46.0 Å². The average Bonchev–Trinajstić information content (AvgIpc) is 2.76. The van der Waals surface area contributed by atoms with Gasteiger partial charge in [-0.25, -0.2) is 4.98 Å². The third kappa shape index (κ3) is 3.32. The minimum atomic E-state index is -0.466. The van der Waals surface area contributed by atoms with E-state index in [1.54, 1.807) is 18.7 Å². The van der Waals surface area contributed by atoms with Crippen molar-refractivity contribution in [2.45, 2.75) is 35.6 Å². The molecule has 3 nitrogen and oxygen atoms in total. The highest BCUT2D eigenvalue weighted by atomic mass is 79.9. The van der Waals surface area contributed by atoms with Gasteiger partial charge in [0.25, 0.3) is 0 Å². The summed E-state index contributed by atoms with van der Waals surface area (Å²) in [5, 5.41) is 9.56. The van der Waals surface area contributed by atoms with Gasteiger partial charge in [-0.05, 0) is 36.2 Å². The molecule has 0 amide bonds. The molecule has 6 heteroatoms. The average molecular weight is 345 g/mol. The number of benzene rings is 1. The molecule has 18 heavy (non-hydrogen) atoms. The summed E-state index contributed by atoms with van der Waals surface area (Å²) in [4.78, 5) is 5.50. The fourth-order valence-electron chi connectivity index (χ4n) is 1.43. The van der Waals surface area contributed by atoms with Gasteiger partial charge in [-0.1, -0.05) is 40.7 Å². The second kappa shape index (κ2) is 6.14. The molecule has 0 unspecified atom stereocenters. The molecular weight excluding hydrogens is 332 g/mol. The van der Waals surface area contributed by atoms with E-state index in [9.17, 15) is 5.11 Å². The zero-order valence-corrected chi connectivity index (χ0v) is 13.3. The van der Waals surface area contributed by atoms with Gasteiger partial charge < -0.3 is 5.11 Å². The molecule has 0 aliphatic heterocycles. The van der Waals surface area contributed by atoms with E-state index in [1.807, 2.05) is 25.1 Å². The fourth-order valence-corrected chi connectivity index (χ4v) is 4.01. The maximum Gasteiger partial charge on any atom is 0.174 e. The molecule has 0 saturated heterocycles. The van der Waals surface area contributed by atoms with Crippen LogP contribution in [0.15, 0.2) is 31.9 Å². The molecule has 2 rings (SSSR count). The van der Waals surface area contributed by atoms with Crippen LogP contribution in [0.2, 0.25) is 0 Å². The van der Waals surface area contributed by atoms with Crippen molar-refractivity contribution in [2.75, 3.05) is 0 Å². The first-order valence-electron chi connectivity index (χ1n) is 5.58. The number of aliphatic hydroxyl groups is 1. The maximum atomic E-state index is 9.56. The van der Waals surface area contributed by atoms with E-state index in [0.717, 1.165) is 31.5 Å². The first-order chi connectivity index (χ1) is 8.60. The summed E-state index contributed by atoms with van der Waals surface area (Å²) in [7, 11) is 0. The molecule has 0 fully saturated rings. The lowest BCUT2D eigenvalue weighted by Crippen LogP contribution is -1.92. The van der Waals surface area contributed by atoms with Crippen LogP contribution >= 0.6 is 39.2 Å². The van der Waals surface area contributed by atoms with Crippen molar-refractivity contribution < 1.29 is 5.11 Å². The van der Waals surface area contributed by atoms with Crippen LogP contribution in [0, 0.1) is 0 Å². The van der Waals surface area contributed by atoms with E-state index in [2.05, 4.69) is 25.3 Å². The Labute approximate surface area is 123 Å². The summed E-state index contributed by atoms with van der Waals surface area (Å²) in [6.45, 7) is 3.80. The van der Waals surface area contributed by atoms with Gasteiger partial charge in [0, 0.05) is 15.8 Å². The van der Waals surface area contributed by atoms with Crippen molar-refractivity contribution in [3.63, 3.8) is 0 Å². The lowest BCUT2D eigenvalue weighted by molar-refractivity contribution is 0.198. The molecule has 0 aliphatic carbocycles. The van der Waals surface area contributed by atoms with Gasteiger partial charge in [0.1, 0.15) is 5.82 Å². The highest BCUT2D eigenvalue weighted by Gasteiger charge is 2.09. The Morgan fingerprint density at radius 1 is 1.50 bits per heavy atom. The number of hydrogen-bond donors (Lipinski definition) is 1. The standard InChI is InChI=1S/C12H13BrN2OS2/c1-3-11-14-12(18-15-11)17-8-4-5-9(7(2)16)10(13)6-8/h4-7,16H,3H2,1-2H3/t7-/m0/s1. The molecule has 1 heterocycles. The normalized spacial score (nSPS) is 12.7. The Morgan fingerprint density at radius 3 is 2.83 bits per heavy atom. The van der Waals surface area contributed by atoms with E-state index < -0.39 is 6.10 Å². The van der Waals surface area contributed by atoms with E-state index in [1.165, 1.54) is 11.5 Å². The SMILES string of the molecule is CCc1nsc(Sc2ccc([C@H](C)O)c(Br)c2)n1. The first kappa shape index (κ1) is 14.0. The molecule has 1 aromatic heterocycles. The smallest absolute Gasteiger partial charge is 0.174 e. The van der Waals surface area contributed by atoms with Crippen LogP contribution in [0.4, 0.5) is 0 Å². The second-order valence-corrected chi connectivity index (χ2v) is 6.72.